The SMILES string of the molecule is CC1(C)CC(NC(=O)[C@H]2CCC(=O)N2[C@@H]2OC(=O)c3ccccc32)CC(C)(C)[NH2+]1. The molecule has 0 radical (unpaired) electrons. The van der Waals surface area contributed by atoms with E-state index >= 15 is 0 Å². The van der Waals surface area contributed by atoms with Crippen LogP contribution >= 0.6 is 0 Å². The van der Waals surface area contributed by atoms with Crippen molar-refractivity contribution in [2.45, 2.75) is 82.8 Å². The van der Waals surface area contributed by atoms with Gasteiger partial charge in [0.2, 0.25) is 18.0 Å². The van der Waals surface area contributed by atoms with Gasteiger partial charge in [0.25, 0.3) is 0 Å². The van der Waals surface area contributed by atoms with E-state index < -0.39 is 18.2 Å². The zero-order valence-corrected chi connectivity index (χ0v) is 17.5. The molecule has 2 fully saturated rings. The summed E-state index contributed by atoms with van der Waals surface area (Å²) in [5.41, 5.74) is 1.18. The van der Waals surface area contributed by atoms with Crippen LogP contribution in [0.25, 0.3) is 0 Å². The molecule has 0 aromatic heterocycles. The van der Waals surface area contributed by atoms with Gasteiger partial charge in [0.05, 0.1) is 16.6 Å². The van der Waals surface area contributed by atoms with Gasteiger partial charge in [-0.3, -0.25) is 14.5 Å². The van der Waals surface area contributed by atoms with Gasteiger partial charge in [0.1, 0.15) is 6.04 Å². The first-order valence-corrected chi connectivity index (χ1v) is 10.3. The van der Waals surface area contributed by atoms with E-state index in [9.17, 15) is 14.4 Å². The van der Waals surface area contributed by atoms with Crippen LogP contribution in [0, 0.1) is 0 Å². The van der Waals surface area contributed by atoms with Gasteiger partial charge in [-0.25, -0.2) is 4.79 Å². The molecule has 0 bridgehead atoms. The normalized spacial score (nSPS) is 28.2. The molecule has 0 aliphatic carbocycles. The molecule has 0 unspecified atom stereocenters. The number of hydrogen-bond acceptors (Lipinski definition) is 4. The second-order valence-electron chi connectivity index (χ2n) is 9.94. The molecule has 29 heavy (non-hydrogen) atoms. The molecular weight excluding hydrogens is 370 g/mol. The highest BCUT2D eigenvalue weighted by atomic mass is 16.6. The first kappa shape index (κ1) is 19.9. The van der Waals surface area contributed by atoms with Gasteiger partial charge in [0.15, 0.2) is 0 Å². The summed E-state index contributed by atoms with van der Waals surface area (Å²) in [6.07, 6.45) is 1.63. The summed E-state index contributed by atoms with van der Waals surface area (Å²) < 4.78 is 5.50. The Labute approximate surface area is 171 Å². The van der Waals surface area contributed by atoms with Crippen molar-refractivity contribution < 1.29 is 24.4 Å². The summed E-state index contributed by atoms with van der Waals surface area (Å²) in [6, 6.07) is 6.48. The number of rotatable bonds is 3. The Kier molecular flexibility index (Phi) is 4.69. The fourth-order valence-electron chi connectivity index (χ4n) is 5.50. The molecule has 2 saturated heterocycles. The predicted octanol–water partition coefficient (Wildman–Crippen LogP) is 1.25. The molecule has 1 aromatic carbocycles. The molecule has 3 aliphatic heterocycles. The molecule has 4 rings (SSSR count). The minimum atomic E-state index is -0.822. The lowest BCUT2D eigenvalue weighted by atomic mass is 9.79. The van der Waals surface area contributed by atoms with Gasteiger partial charge in [-0.2, -0.15) is 0 Å². The third-order valence-electron chi connectivity index (χ3n) is 6.15. The fraction of sp³-hybridized carbons (Fsp3) is 0.591. The third-order valence-corrected chi connectivity index (χ3v) is 6.15. The van der Waals surface area contributed by atoms with Crippen LogP contribution in [-0.2, 0) is 14.3 Å². The van der Waals surface area contributed by atoms with E-state index in [0.717, 1.165) is 12.8 Å². The Balaban J connectivity index is 1.53. The molecule has 2 atom stereocenters. The van der Waals surface area contributed by atoms with Crippen LogP contribution in [0.5, 0.6) is 0 Å². The van der Waals surface area contributed by atoms with Gasteiger partial charge in [0, 0.05) is 30.9 Å². The molecule has 3 heterocycles. The highest BCUT2D eigenvalue weighted by Crippen LogP contribution is 2.38. The number of likely N-dealkylation sites (tertiary alicyclic amines) is 1. The van der Waals surface area contributed by atoms with Crippen molar-refractivity contribution in [3.05, 3.63) is 35.4 Å². The molecule has 7 nitrogen and oxygen atoms in total. The van der Waals surface area contributed by atoms with Crippen LogP contribution in [0.15, 0.2) is 24.3 Å². The first-order valence-electron chi connectivity index (χ1n) is 10.3. The summed E-state index contributed by atoms with van der Waals surface area (Å²) in [6.45, 7) is 8.75. The van der Waals surface area contributed by atoms with Gasteiger partial charge in [-0.05, 0) is 40.2 Å². The molecule has 0 spiro atoms. The van der Waals surface area contributed by atoms with Gasteiger partial charge < -0.3 is 15.4 Å². The molecule has 0 saturated carbocycles. The number of nitrogens with one attached hydrogen (secondary N) is 1. The minimum Gasteiger partial charge on any atom is -0.433 e. The quantitative estimate of drug-likeness (QED) is 0.747. The number of quaternary nitrogens is 1. The molecule has 3 aliphatic rings. The van der Waals surface area contributed by atoms with Crippen molar-refractivity contribution >= 4 is 17.8 Å². The Bertz CT molecular complexity index is 847. The first-order chi connectivity index (χ1) is 13.6. The number of fused-ring (bicyclic) bond motifs is 1. The number of esters is 1. The maximum absolute atomic E-state index is 13.2. The Morgan fingerprint density at radius 3 is 2.48 bits per heavy atom. The summed E-state index contributed by atoms with van der Waals surface area (Å²) in [4.78, 5) is 39.5. The summed E-state index contributed by atoms with van der Waals surface area (Å²) in [7, 11) is 0. The lowest BCUT2D eigenvalue weighted by Gasteiger charge is -2.43. The van der Waals surface area contributed by atoms with E-state index in [0.29, 0.717) is 17.5 Å². The van der Waals surface area contributed by atoms with Crippen molar-refractivity contribution in [1.29, 1.82) is 0 Å². The minimum absolute atomic E-state index is 0.0325. The van der Waals surface area contributed by atoms with E-state index in [1.54, 1.807) is 18.2 Å². The zero-order valence-electron chi connectivity index (χ0n) is 17.5. The van der Waals surface area contributed by atoms with Crippen molar-refractivity contribution in [1.82, 2.24) is 10.2 Å². The highest BCUT2D eigenvalue weighted by Gasteiger charge is 2.48. The second-order valence-corrected chi connectivity index (χ2v) is 9.94. The number of amides is 2. The number of piperidine rings is 1. The van der Waals surface area contributed by atoms with Gasteiger partial charge >= 0.3 is 5.97 Å². The zero-order chi connectivity index (χ0) is 21.0. The third kappa shape index (κ3) is 3.75. The van der Waals surface area contributed by atoms with Crippen LogP contribution < -0.4 is 10.6 Å². The Morgan fingerprint density at radius 1 is 1.14 bits per heavy atom. The number of benzene rings is 1. The van der Waals surface area contributed by atoms with Crippen LogP contribution in [0.3, 0.4) is 0 Å². The van der Waals surface area contributed by atoms with E-state index in [-0.39, 0.29) is 35.4 Å². The highest BCUT2D eigenvalue weighted by molar-refractivity contribution is 5.96. The van der Waals surface area contributed by atoms with Crippen molar-refractivity contribution in [2.75, 3.05) is 0 Å². The Hall–Kier alpha value is -2.41. The predicted molar refractivity (Wildman–Crippen MR) is 106 cm³/mol. The van der Waals surface area contributed by atoms with Crippen LogP contribution in [-0.4, -0.2) is 45.8 Å². The molecule has 156 valence electrons. The second kappa shape index (κ2) is 6.83. The fourth-order valence-corrected chi connectivity index (χ4v) is 5.50. The van der Waals surface area contributed by atoms with Crippen LogP contribution in [0.4, 0.5) is 0 Å². The molecular formula is C22H30N3O4+. The average molecular weight is 400 g/mol. The van der Waals surface area contributed by atoms with Crippen molar-refractivity contribution in [2.24, 2.45) is 0 Å². The Morgan fingerprint density at radius 2 is 1.79 bits per heavy atom. The lowest BCUT2D eigenvalue weighted by Crippen LogP contribution is -3.06. The smallest absolute Gasteiger partial charge is 0.340 e. The van der Waals surface area contributed by atoms with Gasteiger partial charge in [-0.1, -0.05) is 18.2 Å². The number of ether oxygens (including phenoxy) is 1. The average Bonchev–Trinajstić information content (AvgIpc) is 3.12. The van der Waals surface area contributed by atoms with Gasteiger partial charge in [-0.15, -0.1) is 0 Å². The maximum Gasteiger partial charge on any atom is 0.340 e. The summed E-state index contributed by atoms with van der Waals surface area (Å²) in [5.74, 6) is -0.761. The lowest BCUT2D eigenvalue weighted by molar-refractivity contribution is -0.787. The van der Waals surface area contributed by atoms with Crippen LogP contribution in [0.1, 0.15) is 75.5 Å². The van der Waals surface area contributed by atoms with E-state index in [1.165, 1.54) is 4.90 Å². The largest absolute Gasteiger partial charge is 0.433 e. The topological polar surface area (TPSA) is 92.3 Å². The molecule has 2 amide bonds. The number of nitrogens with two attached hydrogens (primary N) is 1. The maximum atomic E-state index is 13.2. The summed E-state index contributed by atoms with van der Waals surface area (Å²) >= 11 is 0. The summed E-state index contributed by atoms with van der Waals surface area (Å²) in [5, 5.41) is 5.55. The number of hydrogen-bond donors (Lipinski definition) is 2. The van der Waals surface area contributed by atoms with E-state index in [2.05, 4.69) is 38.3 Å². The molecule has 7 heteroatoms. The van der Waals surface area contributed by atoms with Crippen LogP contribution in [0.2, 0.25) is 0 Å². The standard InChI is InChI=1S/C22H29N3O4/c1-21(2)11-13(12-22(3,4)24-21)23-18(27)16-9-10-17(26)25(16)19-14-7-5-6-8-15(14)20(28)29-19/h5-8,13,16,19,24H,9-12H2,1-4H3,(H,23,27)/p+1/t16-,19-/m1/s1. The number of nitrogens with zero attached hydrogens (tertiary/aromatic N) is 1. The molecule has 3 N–H and O–H groups in total. The number of carbonyl (C=O) groups is 3. The molecule has 1 aromatic rings. The number of carbonyl (C=O) groups excluding carboxylic acids is 3. The number of cyclic esters (lactones) is 1. The van der Waals surface area contributed by atoms with E-state index in [1.807, 2.05) is 6.07 Å². The van der Waals surface area contributed by atoms with Crippen molar-refractivity contribution in [3.8, 4) is 0 Å². The van der Waals surface area contributed by atoms with Crippen molar-refractivity contribution in [3.63, 3.8) is 0 Å². The van der Waals surface area contributed by atoms with E-state index in [4.69, 9.17) is 4.74 Å². The monoisotopic (exact) mass is 400 g/mol.